The second-order valence-corrected chi connectivity index (χ2v) is 3.86. The molecule has 2 nitrogen and oxygen atoms in total. The molecule has 0 aliphatic rings. The van der Waals surface area contributed by atoms with E-state index in [-0.39, 0.29) is 12.7 Å². The minimum atomic E-state index is -0.0400. The van der Waals surface area contributed by atoms with Gasteiger partial charge in [0.25, 0.3) is 0 Å². The fourth-order valence-corrected chi connectivity index (χ4v) is 1.44. The fraction of sp³-hybridized carbons (Fsp3) is 0.455. The quantitative estimate of drug-likeness (QED) is 0.839. The van der Waals surface area contributed by atoms with Crippen LogP contribution >= 0.6 is 11.6 Å². The molecule has 0 amide bonds. The van der Waals surface area contributed by atoms with E-state index >= 15 is 0 Å². The average Bonchev–Trinajstić information content (AvgIpc) is 2.13. The summed E-state index contributed by atoms with van der Waals surface area (Å²) in [6.45, 7) is 5.78. The van der Waals surface area contributed by atoms with Gasteiger partial charge in [0.2, 0.25) is 0 Å². The molecule has 0 fully saturated rings. The van der Waals surface area contributed by atoms with Crippen molar-refractivity contribution in [2.75, 3.05) is 0 Å². The van der Waals surface area contributed by atoms with Crippen LogP contribution in [0.25, 0.3) is 0 Å². The van der Waals surface area contributed by atoms with Crippen LogP contribution in [-0.2, 0) is 6.61 Å². The zero-order chi connectivity index (χ0) is 10.7. The van der Waals surface area contributed by atoms with Crippen molar-refractivity contribution in [3.05, 3.63) is 28.3 Å². The molecule has 1 aromatic rings. The van der Waals surface area contributed by atoms with Crippen molar-refractivity contribution in [1.82, 2.24) is 0 Å². The second kappa shape index (κ2) is 4.67. The third-order valence-electron chi connectivity index (χ3n) is 1.95. The van der Waals surface area contributed by atoms with Crippen LogP contribution in [0.5, 0.6) is 5.75 Å². The van der Waals surface area contributed by atoms with E-state index in [0.29, 0.717) is 5.02 Å². The van der Waals surface area contributed by atoms with Gasteiger partial charge < -0.3 is 9.84 Å². The largest absolute Gasteiger partial charge is 0.491 e. The van der Waals surface area contributed by atoms with Crippen LogP contribution in [0.2, 0.25) is 5.02 Å². The molecule has 0 radical (unpaired) electrons. The second-order valence-electron chi connectivity index (χ2n) is 3.49. The maximum atomic E-state index is 8.99. The summed E-state index contributed by atoms with van der Waals surface area (Å²) in [7, 11) is 0. The van der Waals surface area contributed by atoms with Gasteiger partial charge in [-0.05, 0) is 32.4 Å². The lowest BCUT2D eigenvalue weighted by Gasteiger charge is -2.14. The lowest BCUT2D eigenvalue weighted by Crippen LogP contribution is -2.07. The third kappa shape index (κ3) is 2.40. The van der Waals surface area contributed by atoms with Crippen LogP contribution in [-0.4, -0.2) is 11.2 Å². The van der Waals surface area contributed by atoms with Gasteiger partial charge in [0.15, 0.2) is 0 Å². The molecule has 1 aromatic carbocycles. The van der Waals surface area contributed by atoms with Crippen molar-refractivity contribution in [3.63, 3.8) is 0 Å². The number of benzene rings is 1. The van der Waals surface area contributed by atoms with Gasteiger partial charge in [0, 0.05) is 5.56 Å². The monoisotopic (exact) mass is 214 g/mol. The first kappa shape index (κ1) is 11.3. The highest BCUT2D eigenvalue weighted by molar-refractivity contribution is 6.32. The Kier molecular flexibility index (Phi) is 3.78. The van der Waals surface area contributed by atoms with Crippen LogP contribution in [0.3, 0.4) is 0 Å². The summed E-state index contributed by atoms with van der Waals surface area (Å²) in [6.07, 6.45) is 0.129. The van der Waals surface area contributed by atoms with Gasteiger partial charge in [-0.3, -0.25) is 0 Å². The predicted octanol–water partition coefficient (Wildman–Crippen LogP) is 2.93. The van der Waals surface area contributed by atoms with Gasteiger partial charge in [-0.2, -0.15) is 0 Å². The first-order valence-corrected chi connectivity index (χ1v) is 4.99. The lowest BCUT2D eigenvalue weighted by atomic mass is 10.1. The van der Waals surface area contributed by atoms with Gasteiger partial charge >= 0.3 is 0 Å². The zero-order valence-electron chi connectivity index (χ0n) is 8.67. The Hall–Kier alpha value is -0.730. The highest BCUT2D eigenvalue weighted by Crippen LogP contribution is 2.29. The molecule has 1 N–H and O–H groups in total. The molecule has 0 aliphatic carbocycles. The number of ether oxygens (including phenoxy) is 1. The number of halogens is 1. The molecule has 0 aromatic heterocycles. The molecule has 0 heterocycles. The highest BCUT2D eigenvalue weighted by Gasteiger charge is 2.09. The summed E-state index contributed by atoms with van der Waals surface area (Å²) >= 11 is 6.04. The Morgan fingerprint density at radius 3 is 2.57 bits per heavy atom. The number of rotatable bonds is 3. The molecule has 0 saturated heterocycles. The normalized spacial score (nSPS) is 10.7. The van der Waals surface area contributed by atoms with Crippen LogP contribution in [0.4, 0.5) is 0 Å². The van der Waals surface area contributed by atoms with Crippen molar-refractivity contribution in [3.8, 4) is 5.75 Å². The summed E-state index contributed by atoms with van der Waals surface area (Å²) < 4.78 is 5.56. The average molecular weight is 215 g/mol. The Morgan fingerprint density at radius 1 is 1.43 bits per heavy atom. The first-order chi connectivity index (χ1) is 6.56. The molecule has 0 saturated carbocycles. The molecule has 1 rings (SSSR count). The van der Waals surface area contributed by atoms with E-state index in [0.717, 1.165) is 16.9 Å². The molecular weight excluding hydrogens is 200 g/mol. The summed E-state index contributed by atoms with van der Waals surface area (Å²) in [5.74, 6) is 0.780. The van der Waals surface area contributed by atoms with Gasteiger partial charge in [-0.25, -0.2) is 0 Å². The van der Waals surface area contributed by atoms with E-state index in [2.05, 4.69) is 0 Å². The van der Waals surface area contributed by atoms with Gasteiger partial charge in [-0.1, -0.05) is 17.7 Å². The van der Waals surface area contributed by atoms with Crippen LogP contribution in [0, 0.1) is 6.92 Å². The highest BCUT2D eigenvalue weighted by atomic mass is 35.5. The minimum Gasteiger partial charge on any atom is -0.491 e. The van der Waals surface area contributed by atoms with Crippen molar-refractivity contribution in [1.29, 1.82) is 0 Å². The molecular formula is C11H15ClO2. The van der Waals surface area contributed by atoms with Gasteiger partial charge in [0.1, 0.15) is 5.75 Å². The molecule has 14 heavy (non-hydrogen) atoms. The zero-order valence-corrected chi connectivity index (χ0v) is 9.43. The van der Waals surface area contributed by atoms with Gasteiger partial charge in [-0.15, -0.1) is 0 Å². The molecule has 3 heteroatoms. The minimum absolute atomic E-state index is 0.0400. The smallest absolute Gasteiger partial charge is 0.124 e. The fourth-order valence-electron chi connectivity index (χ4n) is 1.23. The maximum absolute atomic E-state index is 8.99. The van der Waals surface area contributed by atoms with Crippen molar-refractivity contribution in [2.45, 2.75) is 33.5 Å². The topological polar surface area (TPSA) is 29.5 Å². The Bertz CT molecular complexity index is 321. The maximum Gasteiger partial charge on any atom is 0.124 e. The standard InChI is InChI=1S/C11H15ClO2/c1-7(2)14-10-5-4-9(6-13)11(12)8(10)3/h4-5,7,13H,6H2,1-3H3. The van der Waals surface area contributed by atoms with E-state index in [1.165, 1.54) is 0 Å². The van der Waals surface area contributed by atoms with Crippen LogP contribution in [0.15, 0.2) is 12.1 Å². The van der Waals surface area contributed by atoms with Gasteiger partial charge in [0.05, 0.1) is 17.7 Å². The van der Waals surface area contributed by atoms with Crippen molar-refractivity contribution < 1.29 is 9.84 Å². The summed E-state index contributed by atoms with van der Waals surface area (Å²) in [4.78, 5) is 0. The van der Waals surface area contributed by atoms with Crippen LogP contribution < -0.4 is 4.74 Å². The molecule has 0 unspecified atom stereocenters. The number of aliphatic hydroxyl groups excluding tert-OH is 1. The lowest BCUT2D eigenvalue weighted by molar-refractivity contribution is 0.240. The number of aliphatic hydroxyl groups is 1. The Balaban J connectivity index is 3.04. The van der Waals surface area contributed by atoms with Crippen LogP contribution in [0.1, 0.15) is 25.0 Å². The molecule has 78 valence electrons. The van der Waals surface area contributed by atoms with E-state index in [1.807, 2.05) is 26.8 Å². The molecule has 0 atom stereocenters. The number of hydrogen-bond donors (Lipinski definition) is 1. The Morgan fingerprint density at radius 2 is 2.07 bits per heavy atom. The van der Waals surface area contributed by atoms with E-state index in [1.54, 1.807) is 6.07 Å². The van der Waals surface area contributed by atoms with E-state index in [9.17, 15) is 0 Å². The van der Waals surface area contributed by atoms with E-state index < -0.39 is 0 Å². The third-order valence-corrected chi connectivity index (χ3v) is 2.48. The predicted molar refractivity (Wildman–Crippen MR) is 57.9 cm³/mol. The molecule has 0 bridgehead atoms. The summed E-state index contributed by atoms with van der Waals surface area (Å²) in [6, 6.07) is 3.62. The SMILES string of the molecule is Cc1c(OC(C)C)ccc(CO)c1Cl. The van der Waals surface area contributed by atoms with Crippen molar-refractivity contribution >= 4 is 11.6 Å². The summed E-state index contributed by atoms with van der Waals surface area (Å²) in [5, 5.41) is 9.58. The number of hydrogen-bond acceptors (Lipinski definition) is 2. The summed E-state index contributed by atoms with van der Waals surface area (Å²) in [5.41, 5.74) is 1.62. The molecule has 0 spiro atoms. The Labute approximate surface area is 89.5 Å². The first-order valence-electron chi connectivity index (χ1n) is 4.61. The molecule has 0 aliphatic heterocycles. The van der Waals surface area contributed by atoms with Crippen molar-refractivity contribution in [2.24, 2.45) is 0 Å². The van der Waals surface area contributed by atoms with E-state index in [4.69, 9.17) is 21.4 Å².